The Hall–Kier alpha value is -0.930. The average molecular weight is 305 g/mol. The third kappa shape index (κ3) is 5.29. The first-order chi connectivity index (χ1) is 8.83. The number of unbranched alkanes of at least 4 members (excludes halogenated alkanes) is 1. The monoisotopic (exact) mass is 304 g/mol. The Bertz CT molecular complexity index is 444. The van der Waals surface area contributed by atoms with Crippen molar-refractivity contribution in [1.82, 2.24) is 0 Å². The van der Waals surface area contributed by atoms with E-state index in [4.69, 9.17) is 33.0 Å². The van der Waals surface area contributed by atoms with Crippen LogP contribution in [-0.2, 0) is 4.79 Å². The number of benzene rings is 1. The van der Waals surface area contributed by atoms with E-state index in [-0.39, 0.29) is 0 Å². The van der Waals surface area contributed by atoms with Crippen LogP contribution >= 0.6 is 23.2 Å². The Morgan fingerprint density at radius 1 is 1.26 bits per heavy atom. The normalized spacial score (nSPS) is 11.4. The molecule has 0 atom stereocenters. The van der Waals surface area contributed by atoms with Gasteiger partial charge >= 0.3 is 5.97 Å². The highest BCUT2D eigenvalue weighted by atomic mass is 35.5. The van der Waals surface area contributed by atoms with Gasteiger partial charge in [-0.2, -0.15) is 0 Å². The van der Waals surface area contributed by atoms with Gasteiger partial charge in [-0.15, -0.1) is 0 Å². The number of carboxylic acids is 1. The van der Waals surface area contributed by atoms with E-state index in [1.54, 1.807) is 32.0 Å². The Labute approximate surface area is 123 Å². The van der Waals surface area contributed by atoms with Crippen LogP contribution in [0.5, 0.6) is 5.75 Å². The van der Waals surface area contributed by atoms with Crippen molar-refractivity contribution >= 4 is 29.2 Å². The highest BCUT2D eigenvalue weighted by molar-refractivity contribution is 6.42. The van der Waals surface area contributed by atoms with Crippen LogP contribution in [0.15, 0.2) is 18.2 Å². The van der Waals surface area contributed by atoms with E-state index in [0.717, 1.165) is 12.8 Å². The predicted octanol–water partition coefficient (Wildman–Crippen LogP) is 4.65. The predicted molar refractivity (Wildman–Crippen MR) is 77.2 cm³/mol. The zero-order valence-corrected chi connectivity index (χ0v) is 12.6. The summed E-state index contributed by atoms with van der Waals surface area (Å²) in [6, 6.07) is 5.12. The third-order valence-corrected chi connectivity index (χ3v) is 3.67. The lowest BCUT2D eigenvalue weighted by atomic mass is 9.87. The maximum absolute atomic E-state index is 10.9. The van der Waals surface area contributed by atoms with Gasteiger partial charge in [0.05, 0.1) is 22.1 Å². The molecule has 0 aromatic heterocycles. The summed E-state index contributed by atoms with van der Waals surface area (Å²) in [7, 11) is 0. The second-order valence-corrected chi connectivity index (χ2v) is 5.88. The molecule has 0 amide bonds. The molecule has 0 fully saturated rings. The largest absolute Gasteiger partial charge is 0.494 e. The molecule has 0 radical (unpaired) electrons. The number of hydrogen-bond acceptors (Lipinski definition) is 2. The molecule has 0 aliphatic rings. The van der Waals surface area contributed by atoms with E-state index >= 15 is 0 Å². The molecule has 1 rings (SSSR count). The van der Waals surface area contributed by atoms with E-state index in [2.05, 4.69) is 0 Å². The minimum Gasteiger partial charge on any atom is -0.494 e. The average Bonchev–Trinajstić information content (AvgIpc) is 2.33. The molecule has 5 heteroatoms. The summed E-state index contributed by atoms with van der Waals surface area (Å²) in [6.45, 7) is 4.00. The number of rotatable bonds is 7. The van der Waals surface area contributed by atoms with Crippen molar-refractivity contribution in [2.75, 3.05) is 6.61 Å². The van der Waals surface area contributed by atoms with E-state index in [9.17, 15) is 4.79 Å². The summed E-state index contributed by atoms with van der Waals surface area (Å²) in [4.78, 5) is 10.9. The minimum absolute atomic E-state index is 0.464. The van der Waals surface area contributed by atoms with Gasteiger partial charge in [-0.1, -0.05) is 23.2 Å². The number of carboxylic acid groups (broad SMARTS) is 1. The first kappa shape index (κ1) is 16.1. The van der Waals surface area contributed by atoms with Crippen LogP contribution in [0.1, 0.15) is 33.1 Å². The SMILES string of the molecule is CC(C)(CCCCOc1ccc(Cl)c(Cl)c1)C(=O)O. The Balaban J connectivity index is 2.28. The Morgan fingerprint density at radius 2 is 1.95 bits per heavy atom. The lowest BCUT2D eigenvalue weighted by Crippen LogP contribution is -2.23. The van der Waals surface area contributed by atoms with Gasteiger partial charge < -0.3 is 9.84 Å². The fourth-order valence-electron chi connectivity index (χ4n) is 1.53. The van der Waals surface area contributed by atoms with Gasteiger partial charge in [0, 0.05) is 6.07 Å². The van der Waals surface area contributed by atoms with Crippen LogP contribution in [-0.4, -0.2) is 17.7 Å². The lowest BCUT2D eigenvalue weighted by Gasteiger charge is -2.18. The molecule has 0 saturated carbocycles. The molecule has 106 valence electrons. The molecule has 0 aliphatic heterocycles. The van der Waals surface area contributed by atoms with E-state index in [1.165, 1.54) is 0 Å². The number of ether oxygens (including phenoxy) is 1. The summed E-state index contributed by atoms with van der Waals surface area (Å²) in [5, 5.41) is 9.94. The lowest BCUT2D eigenvalue weighted by molar-refractivity contribution is -0.147. The number of hydrogen-bond donors (Lipinski definition) is 1. The quantitative estimate of drug-likeness (QED) is 0.746. The van der Waals surface area contributed by atoms with Crippen molar-refractivity contribution in [2.24, 2.45) is 5.41 Å². The van der Waals surface area contributed by atoms with E-state index in [0.29, 0.717) is 28.8 Å². The van der Waals surface area contributed by atoms with Crippen LogP contribution in [0, 0.1) is 5.41 Å². The number of halogens is 2. The molecule has 0 saturated heterocycles. The zero-order valence-electron chi connectivity index (χ0n) is 11.1. The van der Waals surface area contributed by atoms with Gasteiger partial charge in [-0.25, -0.2) is 0 Å². The third-order valence-electron chi connectivity index (χ3n) is 2.93. The number of aliphatic carboxylic acids is 1. The summed E-state index contributed by atoms with van der Waals surface area (Å²) in [5.74, 6) is -0.0928. The van der Waals surface area contributed by atoms with Crippen molar-refractivity contribution in [1.29, 1.82) is 0 Å². The van der Waals surface area contributed by atoms with Crippen LogP contribution in [0.25, 0.3) is 0 Å². The molecule has 1 aromatic rings. The summed E-state index contributed by atoms with van der Waals surface area (Å²) < 4.78 is 5.53. The summed E-state index contributed by atoms with van der Waals surface area (Å²) in [6.07, 6.45) is 2.24. The molecule has 1 N–H and O–H groups in total. The molecule has 3 nitrogen and oxygen atoms in total. The minimum atomic E-state index is -0.766. The second kappa shape index (κ2) is 7.01. The van der Waals surface area contributed by atoms with Gasteiger partial charge in [0.25, 0.3) is 0 Å². The molecule has 0 spiro atoms. The highest BCUT2D eigenvalue weighted by Gasteiger charge is 2.25. The van der Waals surface area contributed by atoms with Gasteiger partial charge in [0.15, 0.2) is 0 Å². The molecular formula is C14H18Cl2O3. The molecule has 0 heterocycles. The Kier molecular flexibility index (Phi) is 5.95. The first-order valence-electron chi connectivity index (χ1n) is 6.14. The van der Waals surface area contributed by atoms with E-state index in [1.807, 2.05) is 0 Å². The maximum atomic E-state index is 10.9. The molecule has 19 heavy (non-hydrogen) atoms. The van der Waals surface area contributed by atoms with Crippen LogP contribution in [0.3, 0.4) is 0 Å². The second-order valence-electron chi connectivity index (χ2n) is 5.07. The Morgan fingerprint density at radius 3 is 2.53 bits per heavy atom. The standard InChI is InChI=1S/C14H18Cl2O3/c1-14(2,13(17)18)7-3-4-8-19-10-5-6-11(15)12(16)9-10/h5-6,9H,3-4,7-8H2,1-2H3,(H,17,18). The molecule has 0 unspecified atom stereocenters. The molecule has 1 aromatic carbocycles. The maximum Gasteiger partial charge on any atom is 0.309 e. The van der Waals surface area contributed by atoms with Crippen molar-refractivity contribution in [3.05, 3.63) is 28.2 Å². The number of carbonyl (C=O) groups is 1. The smallest absolute Gasteiger partial charge is 0.309 e. The van der Waals surface area contributed by atoms with Crippen molar-refractivity contribution in [3.63, 3.8) is 0 Å². The summed E-state index contributed by atoms with van der Waals surface area (Å²) >= 11 is 11.7. The van der Waals surface area contributed by atoms with Crippen LogP contribution < -0.4 is 4.74 Å². The van der Waals surface area contributed by atoms with Crippen molar-refractivity contribution < 1.29 is 14.6 Å². The topological polar surface area (TPSA) is 46.5 Å². The van der Waals surface area contributed by atoms with Gasteiger partial charge in [0.2, 0.25) is 0 Å². The summed E-state index contributed by atoms with van der Waals surface area (Å²) in [5.41, 5.74) is -0.677. The highest BCUT2D eigenvalue weighted by Crippen LogP contribution is 2.27. The molecule has 0 aliphatic carbocycles. The first-order valence-corrected chi connectivity index (χ1v) is 6.90. The van der Waals surface area contributed by atoms with Crippen LogP contribution in [0.2, 0.25) is 10.0 Å². The van der Waals surface area contributed by atoms with Gasteiger partial charge in [0.1, 0.15) is 5.75 Å². The van der Waals surface area contributed by atoms with E-state index < -0.39 is 11.4 Å². The van der Waals surface area contributed by atoms with Crippen molar-refractivity contribution in [3.8, 4) is 5.75 Å². The molecular weight excluding hydrogens is 287 g/mol. The zero-order chi connectivity index (χ0) is 14.5. The van der Waals surface area contributed by atoms with Crippen molar-refractivity contribution in [2.45, 2.75) is 33.1 Å². The van der Waals surface area contributed by atoms with Gasteiger partial charge in [-0.3, -0.25) is 4.79 Å². The molecule has 0 bridgehead atoms. The fourth-order valence-corrected chi connectivity index (χ4v) is 1.82. The van der Waals surface area contributed by atoms with Crippen LogP contribution in [0.4, 0.5) is 0 Å². The van der Waals surface area contributed by atoms with Gasteiger partial charge in [-0.05, 0) is 45.2 Å². The fraction of sp³-hybridized carbons (Fsp3) is 0.500.